The van der Waals surface area contributed by atoms with Crippen LogP contribution in [-0.2, 0) is 11.0 Å². The van der Waals surface area contributed by atoms with Gasteiger partial charge in [-0.3, -0.25) is 14.6 Å². The highest BCUT2D eigenvalue weighted by molar-refractivity contribution is 6.32. The van der Waals surface area contributed by atoms with Gasteiger partial charge < -0.3 is 14.8 Å². The van der Waals surface area contributed by atoms with Crippen molar-refractivity contribution >= 4 is 29.5 Å². The van der Waals surface area contributed by atoms with Gasteiger partial charge in [0.15, 0.2) is 17.3 Å². The van der Waals surface area contributed by atoms with Crippen molar-refractivity contribution in [2.24, 2.45) is 4.99 Å². The Hall–Kier alpha value is -3.40. The number of amides is 1. The van der Waals surface area contributed by atoms with Gasteiger partial charge in [-0.05, 0) is 43.5 Å². The molecule has 4 rings (SSSR count). The number of aliphatic imine (C=N–C) groups is 1. The highest BCUT2D eigenvalue weighted by atomic mass is 35.5. The molecule has 1 fully saturated rings. The van der Waals surface area contributed by atoms with Crippen LogP contribution in [0.2, 0.25) is 5.02 Å². The summed E-state index contributed by atoms with van der Waals surface area (Å²) in [5.41, 5.74) is -1.51. The molecule has 11 heteroatoms. The van der Waals surface area contributed by atoms with Crippen molar-refractivity contribution in [3.05, 3.63) is 64.1 Å². The molecule has 0 spiro atoms. The van der Waals surface area contributed by atoms with Crippen LogP contribution in [0.25, 0.3) is 0 Å². The van der Waals surface area contributed by atoms with Crippen molar-refractivity contribution in [2.75, 3.05) is 6.54 Å². The fourth-order valence-corrected chi connectivity index (χ4v) is 3.51. The molecule has 0 atom stereocenters. The second kappa shape index (κ2) is 9.46. The summed E-state index contributed by atoms with van der Waals surface area (Å²) in [7, 11) is 0. The lowest BCUT2D eigenvalue weighted by Gasteiger charge is -2.27. The minimum absolute atomic E-state index is 0.00714. The largest absolute Gasteiger partial charge is 0.486 e. The molecule has 1 saturated carbocycles. The van der Waals surface area contributed by atoms with Crippen molar-refractivity contribution in [3.63, 3.8) is 0 Å². The maximum Gasteiger partial charge on any atom is 0.417 e. The molecule has 1 N–H and O–H groups in total. The lowest BCUT2D eigenvalue weighted by molar-refractivity contribution is -0.137. The highest BCUT2D eigenvalue weighted by Crippen LogP contribution is 2.42. The number of rotatable bonds is 6. The Kier molecular flexibility index (Phi) is 6.60. The Bertz CT molecular complexity index is 1210. The standard InChI is InChI=1S/C23H17ClF4N2O4/c24-18-8-16(22(32)30-13-7-14(31)11-29-10-13)20(9-17(18)23(26,27)28)34-19-5-4-12(25)6-21(19)33-15-2-1-3-15/h4-10,15H,1-3,11H2,(H,30,32). The zero-order valence-electron chi connectivity index (χ0n) is 17.4. The Morgan fingerprint density at radius 2 is 1.88 bits per heavy atom. The number of dihydropyridines is 1. The lowest BCUT2D eigenvalue weighted by atomic mass is 9.96. The minimum atomic E-state index is -4.83. The van der Waals surface area contributed by atoms with E-state index < -0.39 is 34.2 Å². The van der Waals surface area contributed by atoms with Crippen LogP contribution in [0.5, 0.6) is 17.2 Å². The van der Waals surface area contributed by atoms with Gasteiger partial charge in [0.1, 0.15) is 18.1 Å². The lowest BCUT2D eigenvalue weighted by Crippen LogP contribution is -2.27. The molecule has 34 heavy (non-hydrogen) atoms. The minimum Gasteiger partial charge on any atom is -0.486 e. The number of nitrogens with one attached hydrogen (secondary N) is 1. The average molecular weight is 497 g/mol. The number of allylic oxidation sites excluding steroid dienone is 1. The van der Waals surface area contributed by atoms with Gasteiger partial charge in [-0.1, -0.05) is 11.6 Å². The fourth-order valence-electron chi connectivity index (χ4n) is 3.23. The Balaban J connectivity index is 1.72. The molecule has 2 aromatic rings. The molecule has 6 nitrogen and oxygen atoms in total. The first-order valence-electron chi connectivity index (χ1n) is 10.2. The number of halogens is 5. The van der Waals surface area contributed by atoms with Crippen LogP contribution in [0.15, 0.2) is 47.1 Å². The van der Waals surface area contributed by atoms with E-state index in [-0.39, 0.29) is 41.2 Å². The molecule has 1 aliphatic carbocycles. The van der Waals surface area contributed by atoms with Crippen LogP contribution in [0.3, 0.4) is 0 Å². The molecule has 2 aliphatic rings. The fraction of sp³-hybridized carbons (Fsp3) is 0.261. The van der Waals surface area contributed by atoms with Gasteiger partial charge in [0, 0.05) is 18.4 Å². The summed E-state index contributed by atoms with van der Waals surface area (Å²) < 4.78 is 65.7. The summed E-state index contributed by atoms with van der Waals surface area (Å²) in [6.45, 7) is -0.0752. The molecule has 0 unspecified atom stereocenters. The van der Waals surface area contributed by atoms with E-state index in [0.29, 0.717) is 6.07 Å². The molecule has 0 aromatic heterocycles. The molecule has 0 bridgehead atoms. The maximum absolute atomic E-state index is 13.8. The van der Waals surface area contributed by atoms with E-state index in [1.165, 1.54) is 12.3 Å². The molecule has 0 saturated heterocycles. The number of carbonyl (C=O) groups is 2. The van der Waals surface area contributed by atoms with Crippen LogP contribution < -0.4 is 14.8 Å². The van der Waals surface area contributed by atoms with Gasteiger partial charge in [-0.2, -0.15) is 13.2 Å². The number of benzene rings is 2. The molecule has 1 heterocycles. The first kappa shape index (κ1) is 23.7. The van der Waals surface area contributed by atoms with E-state index in [4.69, 9.17) is 21.1 Å². The van der Waals surface area contributed by atoms with E-state index in [0.717, 1.165) is 43.5 Å². The summed E-state index contributed by atoms with van der Waals surface area (Å²) in [6, 6.07) is 4.71. The third-order valence-corrected chi connectivity index (χ3v) is 5.46. The third kappa shape index (κ3) is 5.39. The normalized spacial score (nSPS) is 16.0. The summed E-state index contributed by atoms with van der Waals surface area (Å²) in [4.78, 5) is 28.2. The number of hydrogen-bond donors (Lipinski definition) is 1. The van der Waals surface area contributed by atoms with E-state index >= 15 is 0 Å². The number of nitrogens with zero attached hydrogens (tertiary/aromatic N) is 1. The van der Waals surface area contributed by atoms with Gasteiger partial charge in [0.2, 0.25) is 0 Å². The quantitative estimate of drug-likeness (QED) is 0.537. The number of ketones is 1. The van der Waals surface area contributed by atoms with Crippen molar-refractivity contribution in [3.8, 4) is 17.2 Å². The second-order valence-corrected chi connectivity index (χ2v) is 8.09. The number of hydrogen-bond acceptors (Lipinski definition) is 5. The van der Waals surface area contributed by atoms with Crippen LogP contribution >= 0.6 is 11.6 Å². The molecule has 1 aliphatic heterocycles. The van der Waals surface area contributed by atoms with E-state index in [2.05, 4.69) is 10.3 Å². The van der Waals surface area contributed by atoms with Crippen molar-refractivity contribution in [1.29, 1.82) is 0 Å². The monoisotopic (exact) mass is 496 g/mol. The van der Waals surface area contributed by atoms with Crippen molar-refractivity contribution < 1.29 is 36.6 Å². The Morgan fingerprint density at radius 3 is 2.53 bits per heavy atom. The Labute approximate surface area is 196 Å². The summed E-state index contributed by atoms with van der Waals surface area (Å²) in [6.07, 6.45) is -0.177. The van der Waals surface area contributed by atoms with Crippen molar-refractivity contribution in [2.45, 2.75) is 31.5 Å². The Morgan fingerprint density at radius 1 is 1.12 bits per heavy atom. The van der Waals surface area contributed by atoms with Gasteiger partial charge >= 0.3 is 6.18 Å². The number of alkyl halides is 3. The number of ether oxygens (including phenoxy) is 2. The summed E-state index contributed by atoms with van der Waals surface area (Å²) in [5.74, 6) is -2.44. The van der Waals surface area contributed by atoms with E-state index in [9.17, 15) is 27.2 Å². The topological polar surface area (TPSA) is 77.0 Å². The van der Waals surface area contributed by atoms with Gasteiger partial charge in [0.05, 0.1) is 28.0 Å². The summed E-state index contributed by atoms with van der Waals surface area (Å²) in [5, 5.41) is 1.67. The molecule has 178 valence electrons. The zero-order valence-corrected chi connectivity index (χ0v) is 18.2. The van der Waals surface area contributed by atoms with Gasteiger partial charge in [-0.15, -0.1) is 0 Å². The maximum atomic E-state index is 13.8. The first-order valence-corrected chi connectivity index (χ1v) is 10.6. The molecular weight excluding hydrogens is 480 g/mol. The van der Waals surface area contributed by atoms with Gasteiger partial charge in [0.25, 0.3) is 5.91 Å². The van der Waals surface area contributed by atoms with Crippen molar-refractivity contribution in [1.82, 2.24) is 5.32 Å². The van der Waals surface area contributed by atoms with E-state index in [1.807, 2.05) is 0 Å². The van der Waals surface area contributed by atoms with Crippen LogP contribution in [0.4, 0.5) is 17.6 Å². The predicted molar refractivity (Wildman–Crippen MR) is 115 cm³/mol. The zero-order chi connectivity index (χ0) is 24.5. The van der Waals surface area contributed by atoms with Crippen LogP contribution in [0.1, 0.15) is 35.2 Å². The average Bonchev–Trinajstić information content (AvgIpc) is 2.72. The molecular formula is C23H17ClF4N2O4. The highest BCUT2D eigenvalue weighted by Gasteiger charge is 2.35. The van der Waals surface area contributed by atoms with Crippen LogP contribution in [0, 0.1) is 5.82 Å². The molecule has 2 aromatic carbocycles. The number of carbonyl (C=O) groups excluding carboxylic acids is 2. The smallest absolute Gasteiger partial charge is 0.417 e. The molecule has 0 radical (unpaired) electrons. The first-order chi connectivity index (χ1) is 16.1. The predicted octanol–water partition coefficient (Wildman–Crippen LogP) is 5.49. The van der Waals surface area contributed by atoms with Crippen LogP contribution in [-0.4, -0.2) is 30.6 Å². The third-order valence-electron chi connectivity index (χ3n) is 5.14. The van der Waals surface area contributed by atoms with E-state index in [1.54, 1.807) is 0 Å². The summed E-state index contributed by atoms with van der Waals surface area (Å²) >= 11 is 5.82. The second-order valence-electron chi connectivity index (χ2n) is 7.68. The SMILES string of the molecule is O=C1C=C(NC(=O)c2cc(Cl)c(C(F)(F)F)cc2Oc2ccc(F)cc2OC2CCC2)C=NC1. The molecule has 1 amide bonds. The van der Waals surface area contributed by atoms with Gasteiger partial charge in [-0.25, -0.2) is 4.39 Å².